The number of nitrogens with one attached hydrogen (secondary N) is 1. The van der Waals surface area contributed by atoms with E-state index in [4.69, 9.17) is 4.74 Å². The number of amides is 1. The molecular weight excluding hydrogens is 341 g/mol. The van der Waals surface area contributed by atoms with Gasteiger partial charge in [0.2, 0.25) is 0 Å². The number of hydrogen-bond donors (Lipinski definition) is 1. The third-order valence-corrected chi connectivity index (χ3v) is 3.40. The van der Waals surface area contributed by atoms with Crippen LogP contribution in [0.25, 0.3) is 0 Å². The minimum Gasteiger partial charge on any atom is -0.530 e. The van der Waals surface area contributed by atoms with Crippen LogP contribution in [0.15, 0.2) is 23.8 Å². The molecular formula is C14H9F5NO4-. The monoisotopic (exact) mass is 350 g/mol. The van der Waals surface area contributed by atoms with Crippen molar-refractivity contribution in [2.75, 3.05) is 0 Å². The minimum absolute atomic E-state index is 0.590. The molecule has 3 atom stereocenters. The van der Waals surface area contributed by atoms with E-state index in [1.54, 1.807) is 5.32 Å². The van der Waals surface area contributed by atoms with E-state index in [-0.39, 0.29) is 0 Å². The predicted molar refractivity (Wildman–Crippen MR) is 66.2 cm³/mol. The van der Waals surface area contributed by atoms with E-state index in [1.807, 2.05) is 0 Å². The van der Waals surface area contributed by atoms with E-state index in [9.17, 15) is 36.6 Å². The first-order chi connectivity index (χ1) is 11.1. The summed E-state index contributed by atoms with van der Waals surface area (Å²) in [5, 5.41) is 12.4. The Morgan fingerprint density at radius 1 is 1.33 bits per heavy atom. The van der Waals surface area contributed by atoms with Gasteiger partial charge in [0, 0.05) is 12.0 Å². The van der Waals surface area contributed by atoms with Gasteiger partial charge in [0.1, 0.15) is 29.8 Å². The number of halogens is 5. The van der Waals surface area contributed by atoms with Crippen molar-refractivity contribution in [2.45, 2.75) is 30.8 Å². The SMILES string of the molecule is O=C=C1C[C@H](NC(=O)[O-])[C@@H](c2cc(F)ccc2F)OC1C(F)(F)F. The van der Waals surface area contributed by atoms with Crippen LogP contribution in [0.5, 0.6) is 0 Å². The molecule has 5 nitrogen and oxygen atoms in total. The van der Waals surface area contributed by atoms with E-state index in [0.29, 0.717) is 12.1 Å². The predicted octanol–water partition coefficient (Wildman–Crippen LogP) is 1.42. The molecule has 1 heterocycles. The quantitative estimate of drug-likeness (QED) is 0.646. The van der Waals surface area contributed by atoms with E-state index in [2.05, 4.69) is 0 Å². The van der Waals surface area contributed by atoms with Gasteiger partial charge in [-0.1, -0.05) is 0 Å². The summed E-state index contributed by atoms with van der Waals surface area (Å²) in [6.45, 7) is 0. The fraction of sp³-hybridized carbons (Fsp3) is 0.357. The molecule has 1 aliphatic rings. The van der Waals surface area contributed by atoms with E-state index in [1.165, 1.54) is 0 Å². The molecule has 0 aromatic heterocycles. The van der Waals surface area contributed by atoms with Gasteiger partial charge in [-0.2, -0.15) is 13.2 Å². The minimum atomic E-state index is -5.01. The smallest absolute Gasteiger partial charge is 0.419 e. The van der Waals surface area contributed by atoms with Crippen molar-refractivity contribution in [2.24, 2.45) is 0 Å². The second-order valence-corrected chi connectivity index (χ2v) is 5.01. The van der Waals surface area contributed by atoms with Crippen molar-refractivity contribution in [3.8, 4) is 0 Å². The Morgan fingerprint density at radius 3 is 2.54 bits per heavy atom. The maximum Gasteiger partial charge on any atom is 0.419 e. The van der Waals surface area contributed by atoms with Gasteiger partial charge in [-0.25, -0.2) is 13.6 Å². The number of carboxylic acid groups (broad SMARTS) is 1. The van der Waals surface area contributed by atoms with Crippen molar-refractivity contribution in [1.82, 2.24) is 5.32 Å². The fourth-order valence-electron chi connectivity index (χ4n) is 2.45. The number of benzene rings is 1. The van der Waals surface area contributed by atoms with Crippen LogP contribution < -0.4 is 10.4 Å². The second-order valence-electron chi connectivity index (χ2n) is 5.01. The molecule has 1 aromatic rings. The molecule has 1 unspecified atom stereocenters. The molecule has 24 heavy (non-hydrogen) atoms. The van der Waals surface area contributed by atoms with Gasteiger partial charge in [0.05, 0.1) is 11.6 Å². The van der Waals surface area contributed by atoms with Crippen molar-refractivity contribution in [3.63, 3.8) is 0 Å². The molecule has 1 fully saturated rings. The summed E-state index contributed by atoms with van der Waals surface area (Å²) < 4.78 is 70.9. The lowest BCUT2D eigenvalue weighted by Gasteiger charge is -2.38. The maximum absolute atomic E-state index is 13.9. The molecule has 1 saturated heterocycles. The molecule has 0 bridgehead atoms. The Bertz CT molecular complexity index is 699. The Hall–Kier alpha value is -2.45. The highest BCUT2D eigenvalue weighted by molar-refractivity contribution is 5.63. The third-order valence-electron chi connectivity index (χ3n) is 3.40. The van der Waals surface area contributed by atoms with Gasteiger partial charge in [0.25, 0.3) is 0 Å². The first-order valence-electron chi connectivity index (χ1n) is 6.52. The zero-order valence-electron chi connectivity index (χ0n) is 11.7. The first-order valence-corrected chi connectivity index (χ1v) is 6.52. The van der Waals surface area contributed by atoms with Gasteiger partial charge in [-0.15, -0.1) is 0 Å². The van der Waals surface area contributed by atoms with Crippen LogP contribution in [0, 0.1) is 11.6 Å². The van der Waals surface area contributed by atoms with Crippen LogP contribution in [-0.2, 0) is 9.53 Å². The number of hydrogen-bond acceptors (Lipinski definition) is 4. The number of alkyl halides is 3. The molecule has 0 aliphatic carbocycles. The summed E-state index contributed by atoms with van der Waals surface area (Å²) in [5.74, 6) is -0.985. The molecule has 1 N–H and O–H groups in total. The summed E-state index contributed by atoms with van der Waals surface area (Å²) in [5.41, 5.74) is -1.51. The highest BCUT2D eigenvalue weighted by Crippen LogP contribution is 2.41. The maximum atomic E-state index is 13.9. The Kier molecular flexibility index (Phi) is 4.91. The molecule has 10 heteroatoms. The zero-order valence-corrected chi connectivity index (χ0v) is 11.7. The number of ether oxygens (including phenoxy) is 1. The molecule has 130 valence electrons. The molecule has 1 amide bonds. The van der Waals surface area contributed by atoms with Crippen LogP contribution >= 0.6 is 0 Å². The van der Waals surface area contributed by atoms with Crippen molar-refractivity contribution in [3.05, 3.63) is 41.0 Å². The standard InChI is InChI=1S/C14H10F5NO4/c15-7-1-2-9(16)8(4-7)11-10(20-13(22)23)3-6(5-21)12(24-11)14(17,18)19/h1-2,4,10-12,20H,3H2,(H,22,23)/p-1/t10-,11+,12?/m0/s1. The summed E-state index contributed by atoms with van der Waals surface area (Å²) in [6, 6.07) is 0.507. The molecule has 0 spiro atoms. The topological polar surface area (TPSA) is 78.5 Å². The van der Waals surface area contributed by atoms with E-state index in [0.717, 1.165) is 12.0 Å². The number of carbonyl (C=O) groups excluding carboxylic acids is 2. The van der Waals surface area contributed by atoms with Crippen LogP contribution in [0.3, 0.4) is 0 Å². The second kappa shape index (κ2) is 6.58. The van der Waals surface area contributed by atoms with Crippen molar-refractivity contribution < 1.29 is 41.4 Å². The third kappa shape index (κ3) is 3.72. The molecule has 1 aliphatic heterocycles. The lowest BCUT2D eigenvalue weighted by atomic mass is 9.90. The molecule has 1 aromatic carbocycles. The van der Waals surface area contributed by atoms with Crippen molar-refractivity contribution >= 4 is 12.0 Å². The average Bonchev–Trinajstić information content (AvgIpc) is 2.47. The molecule has 0 saturated carbocycles. The average molecular weight is 350 g/mol. The Morgan fingerprint density at radius 2 is 2.00 bits per heavy atom. The van der Waals surface area contributed by atoms with Crippen LogP contribution in [0.1, 0.15) is 18.1 Å². The van der Waals surface area contributed by atoms with Crippen LogP contribution in [0.4, 0.5) is 26.7 Å². The summed E-state index contributed by atoms with van der Waals surface area (Å²) in [4.78, 5) is 21.4. The first kappa shape index (κ1) is 17.9. The number of rotatable bonds is 2. The zero-order chi connectivity index (χ0) is 18.1. The normalized spacial score (nSPS) is 24.4. The Balaban J connectivity index is 2.49. The fourth-order valence-corrected chi connectivity index (χ4v) is 2.45. The molecule has 0 radical (unpaired) electrons. The van der Waals surface area contributed by atoms with Crippen molar-refractivity contribution in [1.29, 1.82) is 0 Å². The summed E-state index contributed by atoms with van der Waals surface area (Å²) in [7, 11) is 0. The highest BCUT2D eigenvalue weighted by Gasteiger charge is 2.50. The summed E-state index contributed by atoms with van der Waals surface area (Å²) in [6.07, 6.45) is -12.2. The van der Waals surface area contributed by atoms with Gasteiger partial charge in [0.15, 0.2) is 6.10 Å². The summed E-state index contributed by atoms with van der Waals surface area (Å²) >= 11 is 0. The largest absolute Gasteiger partial charge is 0.530 e. The Labute approximate surface area is 131 Å². The van der Waals surface area contributed by atoms with Crippen LogP contribution in [0.2, 0.25) is 0 Å². The lowest BCUT2D eigenvalue weighted by Crippen LogP contribution is -2.52. The number of carbonyl (C=O) groups is 1. The highest BCUT2D eigenvalue weighted by atomic mass is 19.4. The van der Waals surface area contributed by atoms with Gasteiger partial charge in [-0.05, 0) is 18.2 Å². The van der Waals surface area contributed by atoms with Crippen LogP contribution in [-0.4, -0.2) is 30.4 Å². The van der Waals surface area contributed by atoms with Gasteiger partial charge >= 0.3 is 6.18 Å². The van der Waals surface area contributed by atoms with Gasteiger partial charge < -0.3 is 20.0 Å². The van der Waals surface area contributed by atoms with E-state index < -0.39 is 59.7 Å². The van der Waals surface area contributed by atoms with E-state index >= 15 is 0 Å². The molecule has 2 rings (SSSR count). The van der Waals surface area contributed by atoms with Gasteiger partial charge in [-0.3, -0.25) is 0 Å². The lowest BCUT2D eigenvalue weighted by molar-refractivity contribution is -0.256.